The first-order chi connectivity index (χ1) is 16.5. The second-order valence-electron chi connectivity index (χ2n) is 8.14. The van der Waals surface area contributed by atoms with Crippen molar-refractivity contribution in [2.45, 2.75) is 50.9 Å². The Hall–Kier alpha value is -3.44. The van der Waals surface area contributed by atoms with Crippen LogP contribution in [0.25, 0.3) is 0 Å². The Morgan fingerprint density at radius 2 is 1.71 bits per heavy atom. The first-order valence-corrected chi connectivity index (χ1v) is 12.7. The second kappa shape index (κ2) is 12.9. The molecule has 0 saturated heterocycles. The molecule has 0 aliphatic rings. The molecular formula is C24H30N2O8S. The van der Waals surface area contributed by atoms with Crippen LogP contribution in [0.4, 0.5) is 0 Å². The van der Waals surface area contributed by atoms with Crippen LogP contribution in [0.5, 0.6) is 5.75 Å². The largest absolute Gasteiger partial charge is 0.481 e. The van der Waals surface area contributed by atoms with Crippen molar-refractivity contribution in [3.8, 4) is 5.75 Å². The topological polar surface area (TPSA) is 159 Å². The van der Waals surface area contributed by atoms with Crippen LogP contribution in [0.15, 0.2) is 48.5 Å². The number of nitrogens with one attached hydrogen (secondary N) is 2. The van der Waals surface area contributed by atoms with Crippen LogP contribution in [-0.2, 0) is 31.8 Å². The third-order valence-electron chi connectivity index (χ3n) is 5.01. The second-order valence-corrected chi connectivity index (χ2v) is 9.89. The van der Waals surface area contributed by atoms with Gasteiger partial charge in [-0.05, 0) is 43.0 Å². The highest BCUT2D eigenvalue weighted by atomic mass is 32.2. The number of ether oxygens (including phenoxy) is 1. The number of benzene rings is 2. The van der Waals surface area contributed by atoms with Crippen LogP contribution < -0.4 is 14.8 Å². The minimum atomic E-state index is -3.92. The minimum Gasteiger partial charge on any atom is -0.481 e. The van der Waals surface area contributed by atoms with Crippen molar-refractivity contribution in [2.75, 3.05) is 6.61 Å². The molecule has 2 unspecified atom stereocenters. The number of sulfonamides is 1. The number of carbonyl (C=O) groups is 3. The van der Waals surface area contributed by atoms with Crippen molar-refractivity contribution in [3.05, 3.63) is 65.2 Å². The Morgan fingerprint density at radius 1 is 1.03 bits per heavy atom. The zero-order chi connectivity index (χ0) is 26.0. The molecule has 0 saturated carbocycles. The predicted octanol–water partition coefficient (Wildman–Crippen LogP) is 2.18. The monoisotopic (exact) mass is 506 g/mol. The normalized spacial score (nSPS) is 13.0. The first kappa shape index (κ1) is 27.8. The molecule has 4 N–H and O–H groups in total. The highest BCUT2D eigenvalue weighted by Gasteiger charge is 2.27. The Balaban J connectivity index is 2.30. The SMILES string of the molecule is CCCC(C)NC(=O)C(Cc1ccc(OCC(=O)O)c(C(=O)O)c1)NS(=O)(=O)Cc1ccccc1. The van der Waals surface area contributed by atoms with Gasteiger partial charge in [0.2, 0.25) is 15.9 Å². The summed E-state index contributed by atoms with van der Waals surface area (Å²) in [6, 6.07) is 11.1. The van der Waals surface area contributed by atoms with Gasteiger partial charge in [0, 0.05) is 6.04 Å². The molecule has 190 valence electrons. The molecule has 10 nitrogen and oxygen atoms in total. The quantitative estimate of drug-likeness (QED) is 0.303. The summed E-state index contributed by atoms with van der Waals surface area (Å²) in [5.74, 6) is -3.63. The molecule has 2 aromatic carbocycles. The maximum Gasteiger partial charge on any atom is 0.341 e. The lowest BCUT2D eigenvalue weighted by Crippen LogP contribution is -2.50. The molecule has 35 heavy (non-hydrogen) atoms. The van der Waals surface area contributed by atoms with Crippen molar-refractivity contribution in [1.82, 2.24) is 10.0 Å². The third-order valence-corrected chi connectivity index (χ3v) is 6.37. The van der Waals surface area contributed by atoms with Gasteiger partial charge >= 0.3 is 11.9 Å². The summed E-state index contributed by atoms with van der Waals surface area (Å²) >= 11 is 0. The number of carbonyl (C=O) groups excluding carboxylic acids is 1. The number of aliphatic carboxylic acids is 1. The van der Waals surface area contributed by atoms with Crippen LogP contribution in [-0.4, -0.2) is 55.2 Å². The zero-order valence-electron chi connectivity index (χ0n) is 19.6. The van der Waals surface area contributed by atoms with E-state index in [-0.39, 0.29) is 29.5 Å². The Kier molecular flexibility index (Phi) is 10.2. The molecule has 0 heterocycles. The van der Waals surface area contributed by atoms with E-state index in [9.17, 15) is 27.9 Å². The molecule has 0 bridgehead atoms. The maximum absolute atomic E-state index is 13.0. The van der Waals surface area contributed by atoms with Gasteiger partial charge in [-0.25, -0.2) is 22.7 Å². The highest BCUT2D eigenvalue weighted by molar-refractivity contribution is 7.88. The molecule has 0 radical (unpaired) electrons. The molecule has 0 aliphatic carbocycles. The number of rotatable bonds is 14. The van der Waals surface area contributed by atoms with Crippen molar-refractivity contribution in [3.63, 3.8) is 0 Å². The number of carboxylic acid groups (broad SMARTS) is 2. The fourth-order valence-electron chi connectivity index (χ4n) is 3.46. The van der Waals surface area contributed by atoms with Gasteiger partial charge in [-0.2, -0.15) is 0 Å². The minimum absolute atomic E-state index is 0.127. The molecule has 1 amide bonds. The Bertz CT molecular complexity index is 1140. The summed E-state index contributed by atoms with van der Waals surface area (Å²) in [6.07, 6.45) is 1.40. The van der Waals surface area contributed by atoms with Crippen LogP contribution in [0.1, 0.15) is 48.2 Å². The molecular weight excluding hydrogens is 476 g/mol. The van der Waals surface area contributed by atoms with E-state index in [1.165, 1.54) is 18.2 Å². The maximum atomic E-state index is 13.0. The van der Waals surface area contributed by atoms with Crippen molar-refractivity contribution >= 4 is 27.9 Å². The van der Waals surface area contributed by atoms with Gasteiger partial charge in [-0.1, -0.05) is 49.7 Å². The predicted molar refractivity (Wildman–Crippen MR) is 129 cm³/mol. The number of amides is 1. The van der Waals surface area contributed by atoms with Crippen molar-refractivity contribution in [1.29, 1.82) is 0 Å². The van der Waals surface area contributed by atoms with E-state index in [0.717, 1.165) is 6.42 Å². The lowest BCUT2D eigenvalue weighted by atomic mass is 10.0. The number of carboxylic acids is 2. The number of hydrogen-bond acceptors (Lipinski definition) is 6. The molecule has 11 heteroatoms. The fourth-order valence-corrected chi connectivity index (χ4v) is 4.80. The molecule has 0 spiro atoms. The first-order valence-electron chi connectivity index (χ1n) is 11.1. The lowest BCUT2D eigenvalue weighted by molar-refractivity contribution is -0.139. The summed E-state index contributed by atoms with van der Waals surface area (Å²) in [6.45, 7) is 3.05. The van der Waals surface area contributed by atoms with Gasteiger partial charge in [-0.3, -0.25) is 4.79 Å². The van der Waals surface area contributed by atoms with Crippen LogP contribution in [0.3, 0.4) is 0 Å². The van der Waals surface area contributed by atoms with Gasteiger partial charge < -0.3 is 20.3 Å². The van der Waals surface area contributed by atoms with Crippen molar-refractivity contribution in [2.24, 2.45) is 0 Å². The van der Waals surface area contributed by atoms with E-state index in [0.29, 0.717) is 17.5 Å². The number of hydrogen-bond donors (Lipinski definition) is 4. The van der Waals surface area contributed by atoms with Crippen LogP contribution >= 0.6 is 0 Å². The van der Waals surface area contributed by atoms with E-state index < -0.39 is 40.5 Å². The van der Waals surface area contributed by atoms with Gasteiger partial charge in [-0.15, -0.1) is 0 Å². The molecule has 0 fully saturated rings. The zero-order valence-corrected chi connectivity index (χ0v) is 20.4. The van der Waals surface area contributed by atoms with E-state index in [1.54, 1.807) is 30.3 Å². The van der Waals surface area contributed by atoms with E-state index in [4.69, 9.17) is 9.84 Å². The highest BCUT2D eigenvalue weighted by Crippen LogP contribution is 2.22. The van der Waals surface area contributed by atoms with E-state index in [2.05, 4.69) is 10.0 Å². The van der Waals surface area contributed by atoms with Gasteiger partial charge in [0.25, 0.3) is 0 Å². The molecule has 2 rings (SSSR count). The summed E-state index contributed by atoms with van der Waals surface area (Å²) in [5, 5.41) is 21.1. The summed E-state index contributed by atoms with van der Waals surface area (Å²) in [7, 11) is -3.92. The van der Waals surface area contributed by atoms with E-state index in [1.807, 2.05) is 13.8 Å². The third kappa shape index (κ3) is 9.38. The van der Waals surface area contributed by atoms with E-state index >= 15 is 0 Å². The van der Waals surface area contributed by atoms with Crippen molar-refractivity contribution < 1.29 is 37.8 Å². The summed E-state index contributed by atoms with van der Waals surface area (Å²) in [5.41, 5.74) is 0.608. The Morgan fingerprint density at radius 3 is 2.31 bits per heavy atom. The molecule has 2 atom stereocenters. The summed E-state index contributed by atoms with van der Waals surface area (Å²) in [4.78, 5) is 35.4. The Labute approximate surface area is 204 Å². The molecule has 0 aliphatic heterocycles. The molecule has 2 aromatic rings. The molecule has 0 aromatic heterocycles. The average molecular weight is 507 g/mol. The van der Waals surface area contributed by atoms with Crippen LogP contribution in [0.2, 0.25) is 0 Å². The summed E-state index contributed by atoms with van der Waals surface area (Å²) < 4.78 is 33.1. The van der Waals surface area contributed by atoms with Gasteiger partial charge in [0.15, 0.2) is 6.61 Å². The van der Waals surface area contributed by atoms with Gasteiger partial charge in [0.05, 0.1) is 5.75 Å². The van der Waals surface area contributed by atoms with Crippen LogP contribution in [0, 0.1) is 0 Å². The smallest absolute Gasteiger partial charge is 0.341 e. The average Bonchev–Trinajstić information content (AvgIpc) is 2.77. The standard InChI is InChI=1S/C24H30N2O8S/c1-3-7-16(2)25-23(29)20(26-35(32,33)15-17-8-5-4-6-9-17)13-18-10-11-21(34-14-22(27)28)19(12-18)24(30)31/h4-6,8-12,16,20,26H,3,7,13-15H2,1-2H3,(H,25,29)(H,27,28)(H,30,31). The lowest BCUT2D eigenvalue weighted by Gasteiger charge is -2.22. The number of aromatic carboxylic acids is 1. The van der Waals surface area contributed by atoms with Gasteiger partial charge in [0.1, 0.15) is 17.4 Å². The fraction of sp³-hybridized carbons (Fsp3) is 0.375.